The number of esters is 2. The number of amides is 1. The fourth-order valence-electron chi connectivity index (χ4n) is 16.3. The molecule has 11 heteroatoms. The van der Waals surface area contributed by atoms with Gasteiger partial charge in [-0.2, -0.15) is 0 Å². The van der Waals surface area contributed by atoms with E-state index >= 15 is 0 Å². The molecule has 0 spiro atoms. The fraction of sp³-hybridized carbons (Fsp3) is 0.759. The summed E-state index contributed by atoms with van der Waals surface area (Å²) in [6, 6.07) is 5.72. The molecule has 0 aromatic heterocycles. The molecule has 1 saturated heterocycles. The fourth-order valence-corrected chi connectivity index (χ4v) is 16.3. The zero-order chi connectivity index (χ0) is 49.6. The predicted octanol–water partition coefficient (Wildman–Crippen LogP) is 11.5. The van der Waals surface area contributed by atoms with Gasteiger partial charge in [0.25, 0.3) is 0 Å². The van der Waals surface area contributed by atoms with Crippen LogP contribution < -0.4 is 9.47 Å². The summed E-state index contributed by atoms with van der Waals surface area (Å²) in [4.78, 5) is 56.9. The monoisotopic (exact) mass is 955 g/mol. The molecule has 69 heavy (non-hydrogen) atoms. The van der Waals surface area contributed by atoms with E-state index in [2.05, 4.69) is 53.0 Å². The Labute approximate surface area is 413 Å². The third kappa shape index (κ3) is 9.66. The molecule has 7 aliphatic rings. The summed E-state index contributed by atoms with van der Waals surface area (Å²) in [6.07, 6.45) is 20.0. The van der Waals surface area contributed by atoms with E-state index in [1.807, 2.05) is 29.2 Å². The molecule has 5 saturated carbocycles. The molecule has 1 N–H and O–H groups in total. The van der Waals surface area contributed by atoms with E-state index in [1.54, 1.807) is 19.9 Å². The minimum absolute atomic E-state index is 0.0503. The first-order chi connectivity index (χ1) is 32.7. The van der Waals surface area contributed by atoms with Crippen molar-refractivity contribution in [3.05, 3.63) is 42.0 Å². The number of hydrogen-bond acceptors (Lipinski definition) is 9. The molecule has 2 aliphatic heterocycles. The van der Waals surface area contributed by atoms with E-state index in [0.29, 0.717) is 30.3 Å². The summed E-state index contributed by atoms with van der Waals surface area (Å²) < 4.78 is 23.4. The third-order valence-corrected chi connectivity index (χ3v) is 20.5. The van der Waals surface area contributed by atoms with Crippen LogP contribution in [-0.4, -0.2) is 90.9 Å². The zero-order valence-corrected chi connectivity index (χ0v) is 43.6. The summed E-state index contributed by atoms with van der Waals surface area (Å²) in [6.45, 7) is 27.4. The number of fused-ring (bicyclic) bond motifs is 8. The topological polar surface area (TPSA) is 132 Å². The second-order valence-corrected chi connectivity index (χ2v) is 24.9. The molecule has 1 aromatic carbocycles. The number of carbonyl (C=O) groups excluding carboxylic acids is 3. The molecular formula is C58H86N2O9. The lowest BCUT2D eigenvalue weighted by Crippen LogP contribution is -2.67. The maximum Gasteiger partial charge on any atom is 0.312 e. The van der Waals surface area contributed by atoms with Crippen LogP contribution in [0.5, 0.6) is 11.5 Å². The summed E-state index contributed by atoms with van der Waals surface area (Å²) in [5, 5.41) is 9.67. The molecule has 5 aliphatic carbocycles. The van der Waals surface area contributed by atoms with Crippen LogP contribution in [0.4, 0.5) is 0 Å². The molecule has 1 amide bonds. The zero-order valence-electron chi connectivity index (χ0n) is 43.6. The van der Waals surface area contributed by atoms with Gasteiger partial charge in [-0.15, -0.1) is 0 Å². The van der Waals surface area contributed by atoms with Gasteiger partial charge >= 0.3 is 17.9 Å². The maximum absolute atomic E-state index is 14.6. The predicted molar refractivity (Wildman–Crippen MR) is 268 cm³/mol. The van der Waals surface area contributed by atoms with E-state index < -0.39 is 22.8 Å². The molecule has 0 unspecified atom stereocenters. The molecular weight excluding hydrogens is 869 g/mol. The number of hydrogen-bond donors (Lipinski definition) is 1. The number of piperazine rings is 1. The lowest BCUT2D eigenvalue weighted by molar-refractivity contribution is -0.251. The molecule has 1 aromatic rings. The highest BCUT2D eigenvalue weighted by atomic mass is 16.7. The lowest BCUT2D eigenvalue weighted by atomic mass is 9.32. The van der Waals surface area contributed by atoms with Crippen LogP contribution in [0, 0.1) is 62.1 Å². The summed E-state index contributed by atoms with van der Waals surface area (Å²) in [5.74, 6) is 2.15. The third-order valence-electron chi connectivity index (χ3n) is 20.5. The van der Waals surface area contributed by atoms with Gasteiger partial charge in [0.1, 0.15) is 6.10 Å². The van der Waals surface area contributed by atoms with Gasteiger partial charge in [-0.25, -0.2) is 0 Å². The minimum atomic E-state index is -1.16. The van der Waals surface area contributed by atoms with Gasteiger partial charge in [0.05, 0.1) is 23.9 Å². The van der Waals surface area contributed by atoms with Gasteiger partial charge in [0.15, 0.2) is 11.5 Å². The van der Waals surface area contributed by atoms with Crippen LogP contribution in [0.25, 0.3) is 6.08 Å². The number of nitrogens with zero attached hydrogens (tertiary/aromatic N) is 2. The maximum atomic E-state index is 14.6. The summed E-state index contributed by atoms with van der Waals surface area (Å²) in [5.41, 5.74) is 0.637. The van der Waals surface area contributed by atoms with Crippen LogP contribution >= 0.6 is 0 Å². The summed E-state index contributed by atoms with van der Waals surface area (Å²) >= 11 is 0. The second-order valence-electron chi connectivity index (χ2n) is 24.9. The van der Waals surface area contributed by atoms with Crippen molar-refractivity contribution in [2.75, 3.05) is 46.1 Å². The van der Waals surface area contributed by atoms with Crippen LogP contribution in [0.15, 0.2) is 36.4 Å². The van der Waals surface area contributed by atoms with E-state index in [9.17, 15) is 24.3 Å². The molecule has 8 rings (SSSR count). The van der Waals surface area contributed by atoms with Gasteiger partial charge in [-0.3, -0.25) is 24.1 Å². The van der Waals surface area contributed by atoms with Gasteiger partial charge in [-0.1, -0.05) is 78.5 Å². The Morgan fingerprint density at radius 1 is 0.812 bits per heavy atom. The normalized spacial score (nSPS) is 34.8. The van der Waals surface area contributed by atoms with Crippen LogP contribution in [0.2, 0.25) is 0 Å². The molecule has 10 atom stereocenters. The van der Waals surface area contributed by atoms with Crippen molar-refractivity contribution >= 4 is 29.9 Å². The largest absolute Gasteiger partial charge is 0.481 e. The van der Waals surface area contributed by atoms with E-state index in [0.717, 1.165) is 140 Å². The average molecular weight is 955 g/mol. The number of ether oxygens (including phenoxy) is 4. The number of carboxylic acid groups (broad SMARTS) is 1. The Balaban J connectivity index is 0.786. The number of rotatable bonds is 17. The van der Waals surface area contributed by atoms with Crippen LogP contribution in [-0.2, 0) is 28.7 Å². The van der Waals surface area contributed by atoms with E-state index in [4.69, 9.17) is 18.9 Å². The molecule has 2 heterocycles. The number of allylic oxidation sites excluding steroid dienone is 1. The van der Waals surface area contributed by atoms with Crippen molar-refractivity contribution in [1.82, 2.24) is 9.80 Å². The van der Waals surface area contributed by atoms with Crippen molar-refractivity contribution in [2.45, 2.75) is 171 Å². The van der Waals surface area contributed by atoms with Crippen molar-refractivity contribution < 1.29 is 43.2 Å². The number of aliphatic carboxylic acids is 1. The first-order valence-corrected chi connectivity index (χ1v) is 27.0. The molecule has 11 nitrogen and oxygen atoms in total. The molecule has 382 valence electrons. The number of carbonyl (C=O) groups is 4. The Morgan fingerprint density at radius 3 is 2.25 bits per heavy atom. The van der Waals surface area contributed by atoms with E-state index in [-0.39, 0.29) is 58.8 Å². The van der Waals surface area contributed by atoms with Crippen molar-refractivity contribution in [3.63, 3.8) is 0 Å². The van der Waals surface area contributed by atoms with Crippen LogP contribution in [0.1, 0.15) is 170 Å². The van der Waals surface area contributed by atoms with Gasteiger partial charge in [0.2, 0.25) is 12.7 Å². The van der Waals surface area contributed by atoms with Gasteiger partial charge in [0, 0.05) is 37.7 Å². The standard InChI is InChI=1S/C58H86N2O9/c1-39(2)41-22-27-58(52(65)66-35-15-13-11-10-12-14-30-59-31-33-60(34-32-59)48(61)21-17-40-16-19-43-44(36-40)68-38-67-43)29-28-56(8)42(50(41)58)18-20-46-55(7)25-24-47(69-49(62)37-53(3,4)51(63)64)54(5,6)45(55)23-26-57(46,56)9/h16-17,19,21,36,41-42,45-47,50H,1,10-15,18,20,22-35,37-38H2,2-9H3,(H,63,64)/b21-17+/t41-,42+,45-,46+,47-,50+,55-,56+,57+,58-/m0/s1. The number of benzene rings is 1. The first kappa shape index (κ1) is 51.5. The van der Waals surface area contributed by atoms with Gasteiger partial charge in [-0.05, 0) is 174 Å². The molecule has 0 radical (unpaired) electrons. The Morgan fingerprint density at radius 2 is 1.52 bits per heavy atom. The summed E-state index contributed by atoms with van der Waals surface area (Å²) in [7, 11) is 0. The Kier molecular flexibility index (Phi) is 14.9. The minimum Gasteiger partial charge on any atom is -0.481 e. The van der Waals surface area contributed by atoms with E-state index in [1.165, 1.54) is 18.4 Å². The highest BCUT2D eigenvalue weighted by Gasteiger charge is 2.72. The lowest BCUT2D eigenvalue weighted by Gasteiger charge is -2.72. The highest BCUT2D eigenvalue weighted by Crippen LogP contribution is 2.77. The van der Waals surface area contributed by atoms with Crippen molar-refractivity contribution in [3.8, 4) is 11.5 Å². The smallest absolute Gasteiger partial charge is 0.312 e. The first-order valence-electron chi connectivity index (χ1n) is 27.0. The van der Waals surface area contributed by atoms with Crippen molar-refractivity contribution in [2.24, 2.45) is 62.1 Å². The number of unbranched alkanes of at least 4 members (excludes halogenated alkanes) is 5. The Bertz CT molecular complexity index is 2120. The SMILES string of the molecule is C=C(C)[C@@H]1CC[C@]2(C(=O)OCCCCCCCCN3CCN(C(=O)/C=C/c4ccc5c(c4)OCO5)CC3)CC[C@]3(C)[C@H](CC[C@@H]4[C@@]5(C)CC[C@H](OC(=O)CC(C)(C)C(=O)O)C(C)(C)[C@@H]5CC[C@]43C)[C@@H]12. The molecule has 6 fully saturated rings. The van der Waals surface area contributed by atoms with Crippen LogP contribution in [0.3, 0.4) is 0 Å². The molecule has 0 bridgehead atoms. The number of carboxylic acids is 1. The van der Waals surface area contributed by atoms with Crippen molar-refractivity contribution in [1.29, 1.82) is 0 Å². The second kappa shape index (κ2) is 20.0. The van der Waals surface area contributed by atoms with Gasteiger partial charge < -0.3 is 29.0 Å². The Hall–Kier alpha value is -3.86. The highest BCUT2D eigenvalue weighted by molar-refractivity contribution is 5.92. The average Bonchev–Trinajstić information content (AvgIpc) is 3.95. The quantitative estimate of drug-likeness (QED) is 0.0696.